The van der Waals surface area contributed by atoms with Crippen LogP contribution in [0.5, 0.6) is 28.7 Å². The molecule has 0 saturated carbocycles. The van der Waals surface area contributed by atoms with Gasteiger partial charge in [0.2, 0.25) is 0 Å². The van der Waals surface area contributed by atoms with Crippen LogP contribution in [0.3, 0.4) is 0 Å². The summed E-state index contributed by atoms with van der Waals surface area (Å²) in [5, 5.41) is 19.4. The van der Waals surface area contributed by atoms with Gasteiger partial charge in [-0.2, -0.15) is 0 Å². The average Bonchev–Trinajstić information content (AvgIpc) is 3.17. The number of fused-ring (bicyclic) bond motifs is 6. The van der Waals surface area contributed by atoms with Crippen LogP contribution in [0, 0.1) is 0 Å². The van der Waals surface area contributed by atoms with E-state index < -0.39 is 12.0 Å². The van der Waals surface area contributed by atoms with Gasteiger partial charge in [-0.3, -0.25) is 4.79 Å². The zero-order valence-electron chi connectivity index (χ0n) is 15.8. The van der Waals surface area contributed by atoms with E-state index in [1.54, 1.807) is 18.2 Å². The van der Waals surface area contributed by atoms with Gasteiger partial charge in [-0.25, -0.2) is 0 Å². The molecule has 0 aromatic heterocycles. The predicted molar refractivity (Wildman–Crippen MR) is 102 cm³/mol. The van der Waals surface area contributed by atoms with Crippen molar-refractivity contribution in [2.75, 3.05) is 20.3 Å². The number of benzene rings is 2. The van der Waals surface area contributed by atoms with Crippen LogP contribution in [0.15, 0.2) is 36.4 Å². The van der Waals surface area contributed by atoms with Crippen LogP contribution >= 0.6 is 0 Å². The van der Waals surface area contributed by atoms with Gasteiger partial charge in [-0.1, -0.05) is 6.58 Å². The van der Waals surface area contributed by atoms with Crippen LogP contribution < -0.4 is 18.9 Å². The first kappa shape index (κ1) is 17.9. The minimum absolute atomic E-state index is 0.0422. The van der Waals surface area contributed by atoms with Crippen LogP contribution in [0.4, 0.5) is 0 Å². The van der Waals surface area contributed by atoms with E-state index >= 15 is 0 Å². The first-order chi connectivity index (χ1) is 14.0. The van der Waals surface area contributed by atoms with Gasteiger partial charge in [0.15, 0.2) is 17.3 Å². The molecule has 0 aliphatic carbocycles. The zero-order chi connectivity index (χ0) is 20.3. The van der Waals surface area contributed by atoms with E-state index in [4.69, 9.17) is 18.9 Å². The lowest BCUT2D eigenvalue weighted by atomic mass is 9.81. The topological polar surface area (TPSA) is 94.5 Å². The number of aliphatic hydroxyl groups is 1. The number of aliphatic hydroxyl groups excluding tert-OH is 1. The quantitative estimate of drug-likeness (QED) is 0.769. The molecular weight excluding hydrogens is 376 g/mol. The normalized spacial score (nSPS) is 23.5. The Hall–Kier alpha value is -3.19. The van der Waals surface area contributed by atoms with Gasteiger partial charge in [0.25, 0.3) is 0 Å². The van der Waals surface area contributed by atoms with Gasteiger partial charge >= 0.3 is 0 Å². The molecule has 7 nitrogen and oxygen atoms in total. The fraction of sp³-hybridized carbons (Fsp3) is 0.318. The largest absolute Gasteiger partial charge is 0.504 e. The van der Waals surface area contributed by atoms with Gasteiger partial charge in [-0.05, 0) is 23.8 Å². The molecule has 0 radical (unpaired) electrons. The zero-order valence-corrected chi connectivity index (χ0v) is 15.8. The Morgan fingerprint density at radius 3 is 2.86 bits per heavy atom. The molecule has 0 amide bonds. The van der Waals surface area contributed by atoms with Crippen molar-refractivity contribution in [2.24, 2.45) is 0 Å². The molecule has 0 fully saturated rings. The molecule has 7 heteroatoms. The summed E-state index contributed by atoms with van der Waals surface area (Å²) >= 11 is 0. The second-order valence-corrected chi connectivity index (χ2v) is 7.42. The Bertz CT molecular complexity index is 1040. The van der Waals surface area contributed by atoms with Crippen molar-refractivity contribution < 1.29 is 34.0 Å². The van der Waals surface area contributed by atoms with Crippen molar-refractivity contribution in [3.63, 3.8) is 0 Å². The first-order valence-corrected chi connectivity index (χ1v) is 9.37. The molecule has 3 heterocycles. The molecule has 29 heavy (non-hydrogen) atoms. The lowest BCUT2D eigenvalue weighted by molar-refractivity contribution is 0.0554. The molecule has 3 atom stereocenters. The number of aromatic hydroxyl groups is 1. The summed E-state index contributed by atoms with van der Waals surface area (Å²) in [6, 6.07) is 6.57. The predicted octanol–water partition coefficient (Wildman–Crippen LogP) is 2.37. The molecular formula is C22H20O7. The van der Waals surface area contributed by atoms with Crippen LogP contribution in [-0.4, -0.2) is 48.5 Å². The number of ketones is 1. The Labute approximate surface area is 167 Å². The number of Topliss-reactive ketones (excluding diaryl/α,β-unsaturated/α-hetero) is 1. The average molecular weight is 396 g/mol. The lowest BCUT2D eigenvalue weighted by Gasteiger charge is -2.37. The number of hydrogen-bond donors (Lipinski definition) is 2. The third-order valence-electron chi connectivity index (χ3n) is 5.77. The second kappa shape index (κ2) is 6.42. The molecule has 3 unspecified atom stereocenters. The van der Waals surface area contributed by atoms with Gasteiger partial charge < -0.3 is 29.2 Å². The highest BCUT2D eigenvalue weighted by molar-refractivity contribution is 6.06. The third-order valence-corrected chi connectivity index (χ3v) is 5.77. The number of rotatable bonds is 3. The third kappa shape index (κ3) is 2.57. The molecule has 3 aliphatic heterocycles. The molecule has 3 aliphatic rings. The maximum Gasteiger partial charge on any atom is 0.178 e. The second-order valence-electron chi connectivity index (χ2n) is 7.42. The van der Waals surface area contributed by atoms with Crippen molar-refractivity contribution in [1.82, 2.24) is 0 Å². The highest BCUT2D eigenvalue weighted by Gasteiger charge is 2.45. The molecule has 5 rings (SSSR count). The van der Waals surface area contributed by atoms with E-state index in [1.807, 2.05) is 0 Å². The Morgan fingerprint density at radius 2 is 2.10 bits per heavy atom. The van der Waals surface area contributed by atoms with Crippen molar-refractivity contribution >= 4 is 5.78 Å². The number of ether oxygens (including phenoxy) is 4. The minimum atomic E-state index is -0.552. The van der Waals surface area contributed by atoms with Gasteiger partial charge in [-0.15, -0.1) is 0 Å². The maximum atomic E-state index is 13.4. The van der Waals surface area contributed by atoms with Gasteiger partial charge in [0, 0.05) is 23.6 Å². The van der Waals surface area contributed by atoms with Crippen molar-refractivity contribution in [2.45, 2.75) is 24.5 Å². The minimum Gasteiger partial charge on any atom is -0.504 e. The lowest BCUT2D eigenvalue weighted by Crippen LogP contribution is -2.43. The van der Waals surface area contributed by atoms with E-state index in [-0.39, 0.29) is 36.6 Å². The fourth-order valence-electron chi connectivity index (χ4n) is 4.25. The maximum absolute atomic E-state index is 13.4. The first-order valence-electron chi connectivity index (χ1n) is 9.37. The summed E-state index contributed by atoms with van der Waals surface area (Å²) in [6.45, 7) is 3.87. The van der Waals surface area contributed by atoms with Crippen LogP contribution in [0.2, 0.25) is 0 Å². The Morgan fingerprint density at radius 1 is 1.28 bits per heavy atom. The number of phenolic OH excluding ortho intramolecular Hbond substituents is 1. The summed E-state index contributed by atoms with van der Waals surface area (Å²) in [5.41, 5.74) is 2.51. The number of phenols is 1. The molecule has 2 aromatic rings. The number of carbonyl (C=O) groups excluding carboxylic acids is 1. The standard InChI is InChI=1S/C22H20O7/c1-10(8-23)16-6-13-15(28-16)4-3-11-21(25)20-12-5-18(26-2)14(24)7-17(12)27-9-19(20)29-22(11)13/h3-5,7,16,19-20,23-24H,1,6,8-9H2,2H3. The highest BCUT2D eigenvalue weighted by atomic mass is 16.5. The Balaban J connectivity index is 1.56. The van der Waals surface area contributed by atoms with Gasteiger partial charge in [0.05, 0.1) is 25.2 Å². The van der Waals surface area contributed by atoms with Crippen molar-refractivity contribution in [1.29, 1.82) is 0 Å². The molecule has 0 saturated heterocycles. The van der Waals surface area contributed by atoms with E-state index in [2.05, 4.69) is 6.58 Å². The molecule has 0 bridgehead atoms. The van der Waals surface area contributed by atoms with Crippen molar-refractivity contribution in [3.8, 4) is 28.7 Å². The van der Waals surface area contributed by atoms with E-state index in [0.29, 0.717) is 40.4 Å². The summed E-state index contributed by atoms with van der Waals surface area (Å²) in [7, 11) is 1.46. The monoisotopic (exact) mass is 396 g/mol. The van der Waals surface area contributed by atoms with Crippen molar-refractivity contribution in [3.05, 3.63) is 53.1 Å². The summed E-state index contributed by atoms with van der Waals surface area (Å²) in [6.07, 6.45) is -0.348. The molecule has 150 valence electrons. The van der Waals surface area contributed by atoms with Crippen LogP contribution in [0.25, 0.3) is 0 Å². The molecule has 2 aromatic carbocycles. The molecule has 0 spiro atoms. The number of carbonyl (C=O) groups is 1. The van der Waals surface area contributed by atoms with Crippen LogP contribution in [0.1, 0.15) is 27.4 Å². The summed E-state index contributed by atoms with van der Waals surface area (Å²) in [4.78, 5) is 13.4. The Kier molecular flexibility index (Phi) is 3.96. The summed E-state index contributed by atoms with van der Waals surface area (Å²) < 4.78 is 23.1. The number of hydrogen-bond acceptors (Lipinski definition) is 7. The smallest absolute Gasteiger partial charge is 0.178 e. The molecule has 2 N–H and O–H groups in total. The number of methoxy groups -OCH3 is 1. The van der Waals surface area contributed by atoms with Gasteiger partial charge in [0.1, 0.15) is 36.1 Å². The highest BCUT2D eigenvalue weighted by Crippen LogP contribution is 2.49. The van der Waals surface area contributed by atoms with E-state index in [9.17, 15) is 15.0 Å². The van der Waals surface area contributed by atoms with E-state index in [0.717, 1.165) is 5.56 Å². The van der Waals surface area contributed by atoms with Crippen LogP contribution in [-0.2, 0) is 6.42 Å². The SMILES string of the molecule is C=C(CO)C1Cc2c(ccc3c2OC2COc4cc(O)c(OC)cc4C2C3=O)O1. The summed E-state index contributed by atoms with van der Waals surface area (Å²) in [5.74, 6) is 1.22. The van der Waals surface area contributed by atoms with E-state index in [1.165, 1.54) is 13.2 Å². The fourth-order valence-corrected chi connectivity index (χ4v) is 4.25.